The monoisotopic (exact) mass is 299 g/mol. The standard InChI is InChI=1S/C12H21N5O2S/c13-7-11-8-14-15-12(11)20(18,19)17-5-3-16(4-6-17)9-10-1-2-10/h8,10H,1-7,9,13H2,(H,14,15). The molecule has 1 saturated carbocycles. The van der Waals surface area contributed by atoms with Gasteiger partial charge in [0.2, 0.25) is 0 Å². The number of aromatic nitrogens is 2. The molecular weight excluding hydrogens is 278 g/mol. The summed E-state index contributed by atoms with van der Waals surface area (Å²) in [5.74, 6) is 0.842. The first-order valence-electron chi connectivity index (χ1n) is 7.06. The van der Waals surface area contributed by atoms with Crippen LogP contribution in [-0.4, -0.2) is 60.5 Å². The maximum atomic E-state index is 12.5. The lowest BCUT2D eigenvalue weighted by Crippen LogP contribution is -2.49. The Morgan fingerprint density at radius 3 is 2.60 bits per heavy atom. The van der Waals surface area contributed by atoms with Crippen molar-refractivity contribution in [2.24, 2.45) is 11.7 Å². The SMILES string of the molecule is NCc1cn[nH]c1S(=O)(=O)N1CCN(CC2CC2)CC1. The molecule has 3 rings (SSSR count). The van der Waals surface area contributed by atoms with Crippen LogP contribution in [0.3, 0.4) is 0 Å². The molecule has 1 saturated heterocycles. The highest BCUT2D eigenvalue weighted by atomic mass is 32.2. The van der Waals surface area contributed by atoms with Gasteiger partial charge in [0.1, 0.15) is 0 Å². The zero-order valence-corrected chi connectivity index (χ0v) is 12.3. The summed E-state index contributed by atoms with van der Waals surface area (Å²) in [5.41, 5.74) is 6.10. The van der Waals surface area contributed by atoms with Gasteiger partial charge in [0.05, 0.1) is 6.20 Å². The van der Waals surface area contributed by atoms with Crippen LogP contribution in [0.25, 0.3) is 0 Å². The van der Waals surface area contributed by atoms with Crippen LogP contribution in [0.4, 0.5) is 0 Å². The number of aromatic amines is 1. The number of nitrogens with one attached hydrogen (secondary N) is 1. The molecule has 0 aromatic carbocycles. The second-order valence-corrected chi connectivity index (χ2v) is 7.45. The lowest BCUT2D eigenvalue weighted by molar-refractivity contribution is 0.182. The van der Waals surface area contributed by atoms with E-state index in [1.54, 1.807) is 0 Å². The van der Waals surface area contributed by atoms with Gasteiger partial charge in [0.25, 0.3) is 10.0 Å². The molecule has 1 aromatic heterocycles. The van der Waals surface area contributed by atoms with Crippen molar-refractivity contribution in [3.05, 3.63) is 11.8 Å². The molecule has 112 valence electrons. The van der Waals surface area contributed by atoms with Crippen LogP contribution in [-0.2, 0) is 16.6 Å². The highest BCUT2D eigenvalue weighted by molar-refractivity contribution is 7.89. The van der Waals surface area contributed by atoms with Crippen molar-refractivity contribution in [3.63, 3.8) is 0 Å². The predicted molar refractivity (Wildman–Crippen MR) is 74.4 cm³/mol. The Labute approximate surface area is 119 Å². The molecular formula is C12H21N5O2S. The Kier molecular flexibility index (Phi) is 3.80. The van der Waals surface area contributed by atoms with Gasteiger partial charge >= 0.3 is 0 Å². The molecule has 20 heavy (non-hydrogen) atoms. The molecule has 2 heterocycles. The molecule has 8 heteroatoms. The Morgan fingerprint density at radius 2 is 2.00 bits per heavy atom. The molecule has 0 atom stereocenters. The first-order valence-corrected chi connectivity index (χ1v) is 8.50. The average molecular weight is 299 g/mol. The van der Waals surface area contributed by atoms with Crippen LogP contribution in [0, 0.1) is 5.92 Å². The van der Waals surface area contributed by atoms with E-state index in [1.807, 2.05) is 0 Å². The summed E-state index contributed by atoms with van der Waals surface area (Å²) in [6.07, 6.45) is 4.13. The number of piperazine rings is 1. The third-order valence-electron chi connectivity index (χ3n) is 4.04. The lowest BCUT2D eigenvalue weighted by atomic mass is 10.3. The fraction of sp³-hybridized carbons (Fsp3) is 0.750. The topological polar surface area (TPSA) is 95.3 Å². The second kappa shape index (κ2) is 5.44. The number of hydrogen-bond donors (Lipinski definition) is 2. The van der Waals surface area contributed by atoms with Crippen molar-refractivity contribution in [2.45, 2.75) is 24.4 Å². The minimum atomic E-state index is -3.49. The summed E-state index contributed by atoms with van der Waals surface area (Å²) in [6.45, 7) is 3.98. The van der Waals surface area contributed by atoms with Gasteiger partial charge in [0.15, 0.2) is 5.03 Å². The normalized spacial score (nSPS) is 22.2. The summed E-state index contributed by atoms with van der Waals surface area (Å²) >= 11 is 0. The Morgan fingerprint density at radius 1 is 1.30 bits per heavy atom. The third-order valence-corrected chi connectivity index (χ3v) is 5.95. The molecule has 1 aliphatic heterocycles. The van der Waals surface area contributed by atoms with Gasteiger partial charge in [-0.15, -0.1) is 0 Å². The van der Waals surface area contributed by atoms with Gasteiger partial charge in [-0.05, 0) is 18.8 Å². The quantitative estimate of drug-likeness (QED) is 0.770. The number of rotatable bonds is 5. The van der Waals surface area contributed by atoms with E-state index in [1.165, 1.54) is 23.3 Å². The largest absolute Gasteiger partial charge is 0.326 e. The molecule has 1 aromatic rings. The average Bonchev–Trinajstić information content (AvgIpc) is 3.12. The number of sulfonamides is 1. The molecule has 2 fully saturated rings. The highest BCUT2D eigenvalue weighted by Crippen LogP contribution is 2.30. The van der Waals surface area contributed by atoms with Gasteiger partial charge < -0.3 is 10.6 Å². The first-order chi connectivity index (χ1) is 9.61. The van der Waals surface area contributed by atoms with E-state index < -0.39 is 10.0 Å². The minimum absolute atomic E-state index is 0.149. The number of hydrogen-bond acceptors (Lipinski definition) is 5. The Balaban J connectivity index is 1.67. The molecule has 7 nitrogen and oxygen atoms in total. The summed E-state index contributed by atoms with van der Waals surface area (Å²) in [7, 11) is -3.49. The van der Waals surface area contributed by atoms with Crippen LogP contribution < -0.4 is 5.73 Å². The van der Waals surface area contributed by atoms with E-state index >= 15 is 0 Å². The van der Waals surface area contributed by atoms with E-state index in [-0.39, 0.29) is 11.6 Å². The second-order valence-electron chi connectivity index (χ2n) is 5.58. The zero-order valence-electron chi connectivity index (χ0n) is 11.5. The highest BCUT2D eigenvalue weighted by Gasteiger charge is 2.33. The molecule has 0 radical (unpaired) electrons. The summed E-state index contributed by atoms with van der Waals surface area (Å²) in [5, 5.41) is 6.52. The lowest BCUT2D eigenvalue weighted by Gasteiger charge is -2.33. The van der Waals surface area contributed by atoms with Gasteiger partial charge in [0, 0.05) is 44.8 Å². The van der Waals surface area contributed by atoms with Crippen LogP contribution >= 0.6 is 0 Å². The number of H-pyrrole nitrogens is 1. The minimum Gasteiger partial charge on any atom is -0.326 e. The molecule has 0 spiro atoms. The summed E-state index contributed by atoms with van der Waals surface area (Å²) < 4.78 is 26.6. The molecule has 2 aliphatic rings. The molecule has 0 amide bonds. The van der Waals surface area contributed by atoms with Crippen molar-refractivity contribution < 1.29 is 8.42 Å². The first kappa shape index (κ1) is 14.0. The van der Waals surface area contributed by atoms with Crippen LogP contribution in [0.1, 0.15) is 18.4 Å². The maximum Gasteiger partial charge on any atom is 0.260 e. The molecule has 0 bridgehead atoms. The number of nitrogens with two attached hydrogens (primary N) is 1. The number of nitrogens with zero attached hydrogens (tertiary/aromatic N) is 3. The van der Waals surface area contributed by atoms with E-state index in [0.29, 0.717) is 18.7 Å². The van der Waals surface area contributed by atoms with E-state index in [2.05, 4.69) is 15.1 Å². The molecule has 1 aliphatic carbocycles. The van der Waals surface area contributed by atoms with Crippen LogP contribution in [0.5, 0.6) is 0 Å². The smallest absolute Gasteiger partial charge is 0.260 e. The van der Waals surface area contributed by atoms with Gasteiger partial charge in [-0.25, -0.2) is 8.42 Å². The summed E-state index contributed by atoms with van der Waals surface area (Å²) in [4.78, 5) is 2.36. The van der Waals surface area contributed by atoms with Crippen molar-refractivity contribution >= 4 is 10.0 Å². The van der Waals surface area contributed by atoms with Gasteiger partial charge in [-0.1, -0.05) is 0 Å². The molecule has 0 unspecified atom stereocenters. The molecule has 3 N–H and O–H groups in total. The van der Waals surface area contributed by atoms with Gasteiger partial charge in [-0.3, -0.25) is 5.10 Å². The maximum absolute atomic E-state index is 12.5. The van der Waals surface area contributed by atoms with Crippen LogP contribution in [0.2, 0.25) is 0 Å². The Hall–Kier alpha value is -0.960. The van der Waals surface area contributed by atoms with Crippen molar-refractivity contribution in [2.75, 3.05) is 32.7 Å². The Bertz CT molecular complexity index is 558. The van der Waals surface area contributed by atoms with E-state index in [4.69, 9.17) is 5.73 Å². The zero-order chi connectivity index (χ0) is 14.2. The third kappa shape index (κ3) is 2.73. The summed E-state index contributed by atoms with van der Waals surface area (Å²) in [6, 6.07) is 0. The predicted octanol–water partition coefficient (Wildman–Crippen LogP) is -0.415. The fourth-order valence-corrected chi connectivity index (χ4v) is 4.15. The van der Waals surface area contributed by atoms with E-state index in [9.17, 15) is 8.42 Å². The van der Waals surface area contributed by atoms with Crippen molar-refractivity contribution in [1.29, 1.82) is 0 Å². The van der Waals surface area contributed by atoms with Crippen molar-refractivity contribution in [1.82, 2.24) is 19.4 Å². The van der Waals surface area contributed by atoms with Crippen LogP contribution in [0.15, 0.2) is 11.2 Å². The van der Waals surface area contributed by atoms with Gasteiger partial charge in [-0.2, -0.15) is 9.40 Å². The van der Waals surface area contributed by atoms with Crippen molar-refractivity contribution in [3.8, 4) is 0 Å². The van der Waals surface area contributed by atoms with E-state index in [0.717, 1.165) is 25.6 Å². The fourth-order valence-electron chi connectivity index (χ4n) is 2.62.